The Labute approximate surface area is 212 Å². The molecule has 0 unspecified atom stereocenters. The highest BCUT2D eigenvalue weighted by Gasteiger charge is 2.19. The zero-order valence-electron chi connectivity index (χ0n) is 25.1. The van der Waals surface area contributed by atoms with Gasteiger partial charge in [0.1, 0.15) is 17.2 Å². The highest BCUT2D eigenvalue weighted by atomic mass is 16.2. The molecule has 0 fully saturated rings. The van der Waals surface area contributed by atoms with E-state index < -0.39 is 19.9 Å². The van der Waals surface area contributed by atoms with Crippen LogP contribution in [0.25, 0.3) is 27.7 Å². The second-order valence-electron chi connectivity index (χ2n) is 8.40. The van der Waals surface area contributed by atoms with Gasteiger partial charge in [-0.25, -0.2) is 15.0 Å². The molecule has 0 aromatic carbocycles. The second kappa shape index (κ2) is 9.27. The van der Waals surface area contributed by atoms with Gasteiger partial charge in [0.2, 0.25) is 0 Å². The first-order valence-corrected chi connectivity index (χ1v) is 11.1. The summed E-state index contributed by atoms with van der Waals surface area (Å²) in [5.41, 5.74) is 10.9. The van der Waals surface area contributed by atoms with Crippen molar-refractivity contribution in [1.82, 2.24) is 34.3 Å². The minimum Gasteiger partial charge on any atom is -0.384 e. The van der Waals surface area contributed by atoms with Gasteiger partial charge in [-0.1, -0.05) is 6.08 Å². The lowest BCUT2D eigenvalue weighted by Gasteiger charge is -2.26. The lowest BCUT2D eigenvalue weighted by Crippen LogP contribution is -2.29. The number of nitrogens with zero attached hydrogens (tertiary/aromatic N) is 7. The molecule has 9 nitrogen and oxygen atoms in total. The minimum atomic E-state index is -3.15. The third-order valence-electron chi connectivity index (χ3n) is 6.21. The Bertz CT molecular complexity index is 1600. The second-order valence-corrected chi connectivity index (χ2v) is 8.40. The molecule has 0 spiro atoms. The van der Waals surface area contributed by atoms with E-state index >= 15 is 0 Å². The molecule has 178 valence electrons. The molecule has 1 aliphatic rings. The van der Waals surface area contributed by atoms with Crippen LogP contribution in [-0.4, -0.2) is 67.3 Å². The van der Waals surface area contributed by atoms with Crippen LogP contribution in [0, 0.1) is 0 Å². The fourth-order valence-corrected chi connectivity index (χ4v) is 4.27. The van der Waals surface area contributed by atoms with Crippen molar-refractivity contribution in [3.63, 3.8) is 0 Å². The monoisotopic (exact) mass is 474 g/mol. The van der Waals surface area contributed by atoms with Crippen LogP contribution >= 0.6 is 0 Å². The van der Waals surface area contributed by atoms with E-state index in [9.17, 15) is 4.79 Å². The summed E-state index contributed by atoms with van der Waals surface area (Å²) in [6.45, 7) is -4.17. The van der Waals surface area contributed by atoms with Crippen molar-refractivity contribution in [2.24, 2.45) is 7.05 Å². The number of hydrogen-bond donors (Lipinski definition) is 1. The number of hydrogen-bond acceptors (Lipinski definition) is 7. The third-order valence-corrected chi connectivity index (χ3v) is 6.21. The molecule has 0 radical (unpaired) electrons. The number of pyridine rings is 2. The van der Waals surface area contributed by atoms with E-state index in [0.717, 1.165) is 46.2 Å². The van der Waals surface area contributed by atoms with E-state index in [-0.39, 0.29) is 10.6 Å². The maximum atomic E-state index is 12.6. The molecule has 2 N–H and O–H groups in total. The highest BCUT2D eigenvalue weighted by Crippen LogP contribution is 2.30. The molecule has 0 saturated heterocycles. The van der Waals surface area contributed by atoms with E-state index in [0.29, 0.717) is 31.0 Å². The molecule has 0 saturated carbocycles. The van der Waals surface area contributed by atoms with Gasteiger partial charge in [-0.3, -0.25) is 14.7 Å². The number of amides is 1. The topological polar surface area (TPSA) is 106 Å². The first-order valence-electron chi connectivity index (χ1n) is 14.1. The molecule has 4 aromatic heterocycles. The molecule has 0 atom stereocenters. The lowest BCUT2D eigenvalue weighted by molar-refractivity contribution is 0.0821. The van der Waals surface area contributed by atoms with Gasteiger partial charge in [-0.15, -0.1) is 0 Å². The molecule has 0 bridgehead atoms. The van der Waals surface area contributed by atoms with Gasteiger partial charge >= 0.3 is 0 Å². The number of aromatic nitrogens is 5. The van der Waals surface area contributed by atoms with Crippen LogP contribution in [0.4, 0.5) is 5.82 Å². The number of fused-ring (bicyclic) bond motifs is 1. The van der Waals surface area contributed by atoms with Crippen LogP contribution in [0.2, 0.25) is 0 Å². The maximum Gasteiger partial charge on any atom is 0.273 e. The number of nitrogens with two attached hydrogens (primary N) is 1. The molecule has 1 amide bonds. The van der Waals surface area contributed by atoms with Gasteiger partial charge in [0, 0.05) is 77.9 Å². The Morgan fingerprint density at radius 3 is 2.71 bits per heavy atom. The van der Waals surface area contributed by atoms with Gasteiger partial charge in [0.25, 0.3) is 5.91 Å². The van der Waals surface area contributed by atoms with Crippen molar-refractivity contribution < 1.29 is 13.0 Å². The van der Waals surface area contributed by atoms with Crippen LogP contribution in [0.1, 0.15) is 36.5 Å². The zero-order valence-corrected chi connectivity index (χ0v) is 19.1. The highest BCUT2D eigenvalue weighted by molar-refractivity contribution is 5.94. The van der Waals surface area contributed by atoms with Gasteiger partial charge < -0.3 is 15.2 Å². The molecule has 9 heteroatoms. The van der Waals surface area contributed by atoms with Crippen molar-refractivity contribution in [2.75, 3.05) is 32.8 Å². The Morgan fingerprint density at radius 1 is 1.14 bits per heavy atom. The zero-order chi connectivity index (χ0) is 29.5. The van der Waals surface area contributed by atoms with E-state index in [1.165, 1.54) is 6.20 Å². The standard InChI is InChI=1S/C26H28N8O/c1-32(2)26(35)23-15-29-22(14-30-23)17-7-10-34(11-8-17)16-19-12-21-20(6-9-28-25(21)33(19)3)18-4-5-24(27)31-13-18/h4-7,9,12-15H,8,10-11,16H2,1-3H3,(H2,27,31)/i1D3,2D3. The Balaban J connectivity index is 1.30. The molecule has 5 heterocycles. The summed E-state index contributed by atoms with van der Waals surface area (Å²) in [7, 11) is 2.00. The van der Waals surface area contributed by atoms with Crippen molar-refractivity contribution in [2.45, 2.75) is 13.0 Å². The van der Waals surface area contributed by atoms with Crippen LogP contribution < -0.4 is 5.73 Å². The number of rotatable bonds is 5. The number of anilines is 1. The van der Waals surface area contributed by atoms with Crippen molar-refractivity contribution in [1.29, 1.82) is 0 Å². The quantitative estimate of drug-likeness (QED) is 0.474. The van der Waals surface area contributed by atoms with Crippen LogP contribution in [-0.2, 0) is 13.6 Å². The predicted molar refractivity (Wildman–Crippen MR) is 136 cm³/mol. The normalized spacial score (nSPS) is 17.5. The number of carbonyl (C=O) groups is 1. The fraction of sp³-hybridized carbons (Fsp3) is 0.269. The lowest BCUT2D eigenvalue weighted by atomic mass is 10.0. The van der Waals surface area contributed by atoms with E-state index in [2.05, 4.69) is 35.5 Å². The predicted octanol–water partition coefficient (Wildman–Crippen LogP) is 3.00. The van der Waals surface area contributed by atoms with Crippen molar-refractivity contribution >= 4 is 28.3 Å². The van der Waals surface area contributed by atoms with Gasteiger partial charge in [-0.05, 0) is 41.8 Å². The summed E-state index contributed by atoms with van der Waals surface area (Å²) in [5, 5.41) is 1.03. The fourth-order valence-electron chi connectivity index (χ4n) is 4.27. The van der Waals surface area contributed by atoms with Gasteiger partial charge in [0.15, 0.2) is 0 Å². The summed E-state index contributed by atoms with van der Waals surface area (Å²) >= 11 is 0. The number of aryl methyl sites for hydroxylation is 1. The van der Waals surface area contributed by atoms with E-state index in [4.69, 9.17) is 14.0 Å². The van der Waals surface area contributed by atoms with Crippen molar-refractivity contribution in [3.05, 3.63) is 72.2 Å². The molecule has 5 rings (SSSR count). The van der Waals surface area contributed by atoms with Crippen molar-refractivity contribution in [3.8, 4) is 11.1 Å². The van der Waals surface area contributed by atoms with Gasteiger partial charge in [0.05, 0.1) is 18.1 Å². The maximum absolute atomic E-state index is 12.6. The molecular formula is C26H28N8O. The molecule has 0 aliphatic carbocycles. The summed E-state index contributed by atoms with van der Waals surface area (Å²) in [6, 6.07) is 7.85. The average Bonchev–Trinajstić information content (AvgIpc) is 3.23. The van der Waals surface area contributed by atoms with Crippen LogP contribution in [0.15, 0.2) is 55.1 Å². The van der Waals surface area contributed by atoms with E-state index in [1.807, 2.05) is 25.3 Å². The Hall–Kier alpha value is -4.11. The van der Waals surface area contributed by atoms with E-state index in [1.54, 1.807) is 18.5 Å². The SMILES string of the molecule is [2H]C([2H])([2H])N(C(=O)c1cnc(C2=CCN(Cc3cc4c(-c5ccc(N)nc5)ccnc4n3C)CC2)cn1)C([2H])([2H])[2H]. The summed E-state index contributed by atoms with van der Waals surface area (Å²) in [5.74, 6) is -0.762. The molecule has 35 heavy (non-hydrogen) atoms. The smallest absolute Gasteiger partial charge is 0.273 e. The molecule has 4 aromatic rings. The first kappa shape index (κ1) is 16.5. The first-order chi connectivity index (χ1) is 19.3. The van der Waals surface area contributed by atoms with Crippen LogP contribution in [0.5, 0.6) is 0 Å². The Kier molecular flexibility index (Phi) is 4.37. The minimum absolute atomic E-state index is 0.125. The average molecular weight is 475 g/mol. The summed E-state index contributed by atoms with van der Waals surface area (Å²) < 4.78 is 46.7. The summed E-state index contributed by atoms with van der Waals surface area (Å²) in [4.78, 5) is 31.9. The van der Waals surface area contributed by atoms with Gasteiger partial charge in [-0.2, -0.15) is 0 Å². The number of carbonyl (C=O) groups excluding carboxylic acids is 1. The molecular weight excluding hydrogens is 440 g/mol. The largest absolute Gasteiger partial charge is 0.384 e. The summed E-state index contributed by atoms with van der Waals surface area (Å²) in [6.07, 6.45) is 8.76. The van der Waals surface area contributed by atoms with Crippen LogP contribution in [0.3, 0.4) is 0 Å². The number of nitrogen functional groups attached to an aromatic ring is 1. The third kappa shape index (κ3) is 4.50. The molecule has 1 aliphatic heterocycles. The Morgan fingerprint density at radius 2 is 2.03 bits per heavy atom.